The van der Waals surface area contributed by atoms with Gasteiger partial charge in [-0.05, 0) is 99.1 Å². The van der Waals surface area contributed by atoms with Crippen LogP contribution in [0.25, 0.3) is 0 Å². The van der Waals surface area contributed by atoms with Gasteiger partial charge in [-0.3, -0.25) is 10.1 Å². The second-order valence-electron chi connectivity index (χ2n) is 5.77. The molecule has 0 bridgehead atoms. The van der Waals surface area contributed by atoms with Gasteiger partial charge in [-0.1, -0.05) is 13.8 Å². The Kier molecular flexibility index (Phi) is 7.64. The summed E-state index contributed by atoms with van der Waals surface area (Å²) in [6.07, 6.45) is 0. The molecule has 1 amide bonds. The van der Waals surface area contributed by atoms with Crippen molar-refractivity contribution >= 4 is 67.4 Å². The summed E-state index contributed by atoms with van der Waals surface area (Å²) in [5, 5.41) is 5.91. The second kappa shape index (κ2) is 9.49. The molecular formula is C18H18BrIN2O2S. The Balaban J connectivity index is 1.96. The molecule has 0 aliphatic carbocycles. The fourth-order valence-electron chi connectivity index (χ4n) is 1.89. The number of hydrogen-bond donors (Lipinski definition) is 2. The van der Waals surface area contributed by atoms with Crippen LogP contribution >= 0.6 is 50.7 Å². The molecule has 4 nitrogen and oxygen atoms in total. The summed E-state index contributed by atoms with van der Waals surface area (Å²) in [7, 11) is 0. The third kappa shape index (κ3) is 6.56. The van der Waals surface area contributed by atoms with E-state index in [4.69, 9.17) is 17.0 Å². The maximum atomic E-state index is 12.3. The maximum Gasteiger partial charge on any atom is 0.257 e. The standard InChI is InChI=1S/C18H18BrIN2O2S/c1-11(2)10-24-16-8-3-12(9-15(16)19)17(23)22-18(25)21-14-6-4-13(20)5-7-14/h3-9,11H,10H2,1-2H3,(H2,21,22,23,25). The predicted molar refractivity (Wildman–Crippen MR) is 117 cm³/mol. The van der Waals surface area contributed by atoms with E-state index in [2.05, 4.69) is 63.0 Å². The van der Waals surface area contributed by atoms with E-state index in [-0.39, 0.29) is 11.0 Å². The van der Waals surface area contributed by atoms with Crippen molar-refractivity contribution in [2.45, 2.75) is 13.8 Å². The Labute approximate surface area is 175 Å². The number of amides is 1. The van der Waals surface area contributed by atoms with Crippen molar-refractivity contribution in [2.24, 2.45) is 5.92 Å². The molecular weight excluding hydrogens is 515 g/mol. The quantitative estimate of drug-likeness (QED) is 0.409. The van der Waals surface area contributed by atoms with E-state index in [1.54, 1.807) is 18.2 Å². The van der Waals surface area contributed by atoms with Gasteiger partial charge >= 0.3 is 0 Å². The number of thiocarbonyl (C=S) groups is 1. The largest absolute Gasteiger partial charge is 0.492 e. The molecule has 0 spiro atoms. The average molecular weight is 533 g/mol. The lowest BCUT2D eigenvalue weighted by atomic mass is 10.2. The molecule has 0 aliphatic heterocycles. The molecule has 2 rings (SSSR count). The first-order valence-electron chi connectivity index (χ1n) is 7.65. The molecule has 0 saturated carbocycles. The highest BCUT2D eigenvalue weighted by molar-refractivity contribution is 14.1. The Morgan fingerprint density at radius 2 is 1.92 bits per heavy atom. The number of rotatable bonds is 5. The number of anilines is 1. The van der Waals surface area contributed by atoms with Gasteiger partial charge in [-0.25, -0.2) is 0 Å². The molecule has 0 fully saturated rings. The summed E-state index contributed by atoms with van der Waals surface area (Å²) < 4.78 is 7.55. The van der Waals surface area contributed by atoms with Crippen molar-refractivity contribution in [3.63, 3.8) is 0 Å². The number of halogens is 2. The van der Waals surface area contributed by atoms with E-state index < -0.39 is 0 Å². The van der Waals surface area contributed by atoms with Gasteiger partial charge in [0, 0.05) is 14.8 Å². The lowest BCUT2D eigenvalue weighted by Crippen LogP contribution is -2.34. The van der Waals surface area contributed by atoms with Crippen LogP contribution in [0, 0.1) is 9.49 Å². The minimum atomic E-state index is -0.279. The van der Waals surface area contributed by atoms with Gasteiger partial charge in [-0.2, -0.15) is 0 Å². The van der Waals surface area contributed by atoms with Crippen molar-refractivity contribution < 1.29 is 9.53 Å². The molecule has 0 unspecified atom stereocenters. The van der Waals surface area contributed by atoms with E-state index in [0.29, 0.717) is 23.8 Å². The molecule has 0 radical (unpaired) electrons. The van der Waals surface area contributed by atoms with Gasteiger partial charge in [0.15, 0.2) is 5.11 Å². The topological polar surface area (TPSA) is 50.4 Å². The zero-order chi connectivity index (χ0) is 18.4. The lowest BCUT2D eigenvalue weighted by molar-refractivity contribution is 0.0977. The van der Waals surface area contributed by atoms with Crippen LogP contribution in [-0.2, 0) is 0 Å². The van der Waals surface area contributed by atoms with Crippen LogP contribution < -0.4 is 15.4 Å². The van der Waals surface area contributed by atoms with Crippen LogP contribution in [0.3, 0.4) is 0 Å². The number of carbonyl (C=O) groups is 1. The van der Waals surface area contributed by atoms with Crippen molar-refractivity contribution in [3.8, 4) is 5.75 Å². The van der Waals surface area contributed by atoms with Crippen LogP contribution in [0.15, 0.2) is 46.9 Å². The fourth-order valence-corrected chi connectivity index (χ4v) is 2.95. The van der Waals surface area contributed by atoms with Crippen molar-refractivity contribution in [1.82, 2.24) is 5.32 Å². The summed E-state index contributed by atoms with van der Waals surface area (Å²) in [5.74, 6) is 0.864. The van der Waals surface area contributed by atoms with Gasteiger partial charge in [0.1, 0.15) is 5.75 Å². The maximum absolute atomic E-state index is 12.3. The number of hydrogen-bond acceptors (Lipinski definition) is 3. The molecule has 0 heterocycles. The summed E-state index contributed by atoms with van der Waals surface area (Å²) in [6, 6.07) is 12.9. The number of benzene rings is 2. The minimum Gasteiger partial charge on any atom is -0.492 e. The summed E-state index contributed by atoms with van der Waals surface area (Å²) in [6.45, 7) is 4.78. The Bertz CT molecular complexity index is 766. The normalized spacial score (nSPS) is 10.4. The summed E-state index contributed by atoms with van der Waals surface area (Å²) in [5.41, 5.74) is 1.32. The van der Waals surface area contributed by atoms with E-state index >= 15 is 0 Å². The van der Waals surface area contributed by atoms with Gasteiger partial charge in [0.25, 0.3) is 5.91 Å². The number of ether oxygens (including phenoxy) is 1. The van der Waals surface area contributed by atoms with Crippen LogP contribution in [0.4, 0.5) is 5.69 Å². The molecule has 2 aromatic carbocycles. The fraction of sp³-hybridized carbons (Fsp3) is 0.222. The first-order chi connectivity index (χ1) is 11.8. The molecule has 2 aromatic rings. The van der Waals surface area contributed by atoms with Crippen LogP contribution in [-0.4, -0.2) is 17.6 Å². The van der Waals surface area contributed by atoms with E-state index in [1.807, 2.05) is 24.3 Å². The SMILES string of the molecule is CC(C)COc1ccc(C(=O)NC(=S)Nc2ccc(I)cc2)cc1Br. The van der Waals surface area contributed by atoms with Crippen molar-refractivity contribution in [2.75, 3.05) is 11.9 Å². The van der Waals surface area contributed by atoms with Gasteiger partial charge in [0.05, 0.1) is 11.1 Å². The molecule has 2 N–H and O–H groups in total. The van der Waals surface area contributed by atoms with E-state index in [0.717, 1.165) is 13.7 Å². The van der Waals surface area contributed by atoms with Crippen LogP contribution in [0.1, 0.15) is 24.2 Å². The Hall–Kier alpha value is -1.19. The first kappa shape index (κ1) is 20.1. The molecule has 0 aromatic heterocycles. The minimum absolute atomic E-state index is 0.252. The zero-order valence-electron chi connectivity index (χ0n) is 13.8. The number of nitrogens with one attached hydrogen (secondary N) is 2. The third-order valence-corrected chi connectivity index (χ3v) is 4.64. The molecule has 0 aliphatic rings. The molecule has 25 heavy (non-hydrogen) atoms. The Morgan fingerprint density at radius 3 is 2.52 bits per heavy atom. The first-order valence-corrected chi connectivity index (χ1v) is 9.93. The highest BCUT2D eigenvalue weighted by atomic mass is 127. The van der Waals surface area contributed by atoms with Crippen molar-refractivity contribution in [1.29, 1.82) is 0 Å². The molecule has 132 valence electrons. The average Bonchev–Trinajstić information content (AvgIpc) is 2.55. The van der Waals surface area contributed by atoms with Gasteiger partial charge in [-0.15, -0.1) is 0 Å². The highest BCUT2D eigenvalue weighted by Gasteiger charge is 2.11. The van der Waals surface area contributed by atoms with Gasteiger partial charge in [0.2, 0.25) is 0 Å². The Morgan fingerprint density at radius 1 is 1.24 bits per heavy atom. The van der Waals surface area contributed by atoms with Crippen molar-refractivity contribution in [3.05, 3.63) is 56.1 Å². The summed E-state index contributed by atoms with van der Waals surface area (Å²) in [4.78, 5) is 12.3. The highest BCUT2D eigenvalue weighted by Crippen LogP contribution is 2.26. The third-order valence-electron chi connectivity index (χ3n) is 3.10. The zero-order valence-corrected chi connectivity index (χ0v) is 18.4. The van der Waals surface area contributed by atoms with E-state index in [9.17, 15) is 4.79 Å². The van der Waals surface area contributed by atoms with Crippen LogP contribution in [0.5, 0.6) is 5.75 Å². The lowest BCUT2D eigenvalue weighted by Gasteiger charge is -2.12. The summed E-state index contributed by atoms with van der Waals surface area (Å²) >= 11 is 10.9. The second-order valence-corrected chi connectivity index (χ2v) is 8.27. The van der Waals surface area contributed by atoms with Gasteiger partial charge < -0.3 is 10.1 Å². The predicted octanol–water partition coefficient (Wildman–Crippen LogP) is 5.22. The molecule has 7 heteroatoms. The molecule has 0 saturated heterocycles. The van der Waals surface area contributed by atoms with E-state index in [1.165, 1.54) is 0 Å². The number of carbonyl (C=O) groups excluding carboxylic acids is 1. The smallest absolute Gasteiger partial charge is 0.257 e. The monoisotopic (exact) mass is 532 g/mol. The van der Waals surface area contributed by atoms with Crippen LogP contribution in [0.2, 0.25) is 0 Å². The molecule has 0 atom stereocenters.